The predicted octanol–water partition coefficient (Wildman–Crippen LogP) is 2.42. The summed E-state index contributed by atoms with van der Waals surface area (Å²) < 4.78 is 0. The van der Waals surface area contributed by atoms with Gasteiger partial charge in [-0.25, -0.2) is 0 Å². The average molecular weight is 176 g/mol. The molecule has 0 N–H and O–H groups in total. The zero-order valence-corrected chi connectivity index (χ0v) is 8.07. The van der Waals surface area contributed by atoms with Gasteiger partial charge in [0.05, 0.1) is 0 Å². The molecule has 5 atom stereocenters. The average Bonchev–Trinajstić information content (AvgIpc) is 2.76. The number of ketones is 1. The lowest BCUT2D eigenvalue weighted by Gasteiger charge is -2.23. The Labute approximate surface area is 79.2 Å². The van der Waals surface area contributed by atoms with E-state index in [1.165, 1.54) is 12.8 Å². The summed E-state index contributed by atoms with van der Waals surface area (Å²) in [6, 6.07) is 0. The maximum atomic E-state index is 11.8. The van der Waals surface area contributed by atoms with E-state index in [-0.39, 0.29) is 0 Å². The van der Waals surface area contributed by atoms with E-state index >= 15 is 0 Å². The Morgan fingerprint density at radius 2 is 2.15 bits per heavy atom. The summed E-state index contributed by atoms with van der Waals surface area (Å²) in [5.74, 6) is 3.81. The molecular weight excluding hydrogens is 160 g/mol. The second-order valence-corrected chi connectivity index (χ2v) is 4.89. The highest BCUT2D eigenvalue weighted by molar-refractivity contribution is 5.85. The minimum absolute atomic E-state index is 0.431. The highest BCUT2D eigenvalue weighted by Gasteiger charge is 2.54. The lowest BCUT2D eigenvalue weighted by atomic mass is 9.80. The Balaban J connectivity index is 1.97. The Hall–Kier alpha value is -0.590. The first-order valence-electron chi connectivity index (χ1n) is 5.52. The van der Waals surface area contributed by atoms with Gasteiger partial charge in [0.15, 0.2) is 0 Å². The van der Waals surface area contributed by atoms with Gasteiger partial charge in [0, 0.05) is 12.3 Å². The van der Waals surface area contributed by atoms with Crippen molar-refractivity contribution in [2.24, 2.45) is 29.6 Å². The molecule has 2 saturated carbocycles. The summed E-state index contributed by atoms with van der Waals surface area (Å²) in [4.78, 5) is 11.8. The number of hydrogen-bond donors (Lipinski definition) is 0. The third kappa shape index (κ3) is 0.853. The summed E-state index contributed by atoms with van der Waals surface area (Å²) in [5, 5.41) is 0. The lowest BCUT2D eigenvalue weighted by molar-refractivity contribution is -0.121. The van der Waals surface area contributed by atoms with Crippen LogP contribution in [0.3, 0.4) is 0 Å². The molecular formula is C12H16O. The maximum Gasteiger partial charge on any atom is 0.137 e. The monoisotopic (exact) mass is 176 g/mol. The van der Waals surface area contributed by atoms with Crippen molar-refractivity contribution in [1.82, 2.24) is 0 Å². The molecule has 3 aliphatic carbocycles. The normalized spacial score (nSPS) is 51.8. The molecule has 2 bridgehead atoms. The number of Topliss-reactive ketones (excluding diaryl/α,β-unsaturated/α-hetero) is 1. The molecule has 0 aromatic rings. The molecule has 0 heterocycles. The summed E-state index contributed by atoms with van der Waals surface area (Å²) in [6.45, 7) is 2.23. The summed E-state index contributed by atoms with van der Waals surface area (Å²) in [5.41, 5.74) is 0. The van der Waals surface area contributed by atoms with Gasteiger partial charge in [-0.15, -0.1) is 0 Å². The third-order valence-electron chi connectivity index (χ3n) is 4.42. The van der Waals surface area contributed by atoms with Crippen LogP contribution in [0.1, 0.15) is 26.2 Å². The fourth-order valence-corrected chi connectivity index (χ4v) is 3.90. The van der Waals surface area contributed by atoms with E-state index in [9.17, 15) is 4.79 Å². The number of allylic oxidation sites excluding steroid dienone is 2. The number of hydrogen-bond acceptors (Lipinski definition) is 1. The Bertz CT molecular complexity index is 279. The lowest BCUT2D eigenvalue weighted by Crippen LogP contribution is -2.21. The van der Waals surface area contributed by atoms with Crippen molar-refractivity contribution in [1.29, 1.82) is 0 Å². The molecule has 0 radical (unpaired) electrons. The fourth-order valence-electron chi connectivity index (χ4n) is 3.90. The van der Waals surface area contributed by atoms with E-state index in [2.05, 4.69) is 19.1 Å². The van der Waals surface area contributed by atoms with Crippen molar-refractivity contribution in [3.05, 3.63) is 12.2 Å². The molecule has 0 amide bonds. The predicted molar refractivity (Wildman–Crippen MR) is 51.1 cm³/mol. The number of carbonyl (C=O) groups is 1. The van der Waals surface area contributed by atoms with Gasteiger partial charge in [0.1, 0.15) is 5.78 Å². The molecule has 0 saturated heterocycles. The standard InChI is InChI=1S/C12H16O/c1-2-7-6-10(13)12-9-4-3-8(5-9)11(7)12/h3-4,7-9,11-12H,2,5-6H2,1H3/t7-,8?,9?,11-,12-/m0/s1. The first kappa shape index (κ1) is 7.78. The Kier molecular flexibility index (Phi) is 1.47. The number of fused-ring (bicyclic) bond motifs is 5. The second-order valence-electron chi connectivity index (χ2n) is 4.89. The topological polar surface area (TPSA) is 17.1 Å². The Morgan fingerprint density at radius 1 is 1.38 bits per heavy atom. The van der Waals surface area contributed by atoms with Crippen LogP contribution < -0.4 is 0 Å². The van der Waals surface area contributed by atoms with Gasteiger partial charge in [-0.2, -0.15) is 0 Å². The molecule has 3 aliphatic rings. The highest BCUT2D eigenvalue weighted by atomic mass is 16.1. The minimum Gasteiger partial charge on any atom is -0.299 e. The first-order valence-corrected chi connectivity index (χ1v) is 5.52. The molecule has 3 rings (SSSR count). The van der Waals surface area contributed by atoms with Crippen LogP contribution in [0.25, 0.3) is 0 Å². The van der Waals surface area contributed by atoms with E-state index in [0.29, 0.717) is 23.5 Å². The van der Waals surface area contributed by atoms with Crippen LogP contribution in [0, 0.1) is 29.6 Å². The van der Waals surface area contributed by atoms with Crippen LogP contribution in [0.5, 0.6) is 0 Å². The van der Waals surface area contributed by atoms with Crippen molar-refractivity contribution in [2.45, 2.75) is 26.2 Å². The molecule has 1 nitrogen and oxygen atoms in total. The van der Waals surface area contributed by atoms with E-state index in [0.717, 1.165) is 18.3 Å². The van der Waals surface area contributed by atoms with Gasteiger partial charge in [0.25, 0.3) is 0 Å². The van der Waals surface area contributed by atoms with Crippen molar-refractivity contribution in [2.75, 3.05) is 0 Å². The second kappa shape index (κ2) is 2.46. The molecule has 1 heteroatoms. The third-order valence-corrected chi connectivity index (χ3v) is 4.42. The number of rotatable bonds is 1. The quantitative estimate of drug-likeness (QED) is 0.561. The minimum atomic E-state index is 0.431. The van der Waals surface area contributed by atoms with E-state index in [1.54, 1.807) is 0 Å². The van der Waals surface area contributed by atoms with Gasteiger partial charge < -0.3 is 0 Å². The van der Waals surface area contributed by atoms with Crippen molar-refractivity contribution in [3.63, 3.8) is 0 Å². The van der Waals surface area contributed by atoms with Gasteiger partial charge in [-0.3, -0.25) is 4.79 Å². The van der Waals surface area contributed by atoms with Crippen LogP contribution in [-0.4, -0.2) is 5.78 Å². The van der Waals surface area contributed by atoms with Gasteiger partial charge in [-0.1, -0.05) is 25.5 Å². The van der Waals surface area contributed by atoms with Crippen LogP contribution >= 0.6 is 0 Å². The highest BCUT2D eigenvalue weighted by Crippen LogP contribution is 2.56. The maximum absolute atomic E-state index is 11.8. The van der Waals surface area contributed by atoms with Crippen molar-refractivity contribution in [3.8, 4) is 0 Å². The van der Waals surface area contributed by atoms with Gasteiger partial charge in [-0.05, 0) is 30.1 Å². The van der Waals surface area contributed by atoms with Crippen molar-refractivity contribution < 1.29 is 4.79 Å². The van der Waals surface area contributed by atoms with Gasteiger partial charge in [0.2, 0.25) is 0 Å². The van der Waals surface area contributed by atoms with E-state index in [4.69, 9.17) is 0 Å². The SMILES string of the molecule is CC[C@H]1CC(=O)[C@@H]2C3C=CC(C3)[C@H]12. The summed E-state index contributed by atoms with van der Waals surface area (Å²) in [6.07, 6.45) is 8.01. The van der Waals surface area contributed by atoms with Crippen LogP contribution in [0.15, 0.2) is 12.2 Å². The smallest absolute Gasteiger partial charge is 0.137 e. The molecule has 0 aromatic carbocycles. The molecule has 0 aromatic heterocycles. The molecule has 2 fully saturated rings. The zero-order valence-electron chi connectivity index (χ0n) is 8.07. The van der Waals surface area contributed by atoms with Gasteiger partial charge >= 0.3 is 0 Å². The molecule has 13 heavy (non-hydrogen) atoms. The fraction of sp³-hybridized carbons (Fsp3) is 0.750. The van der Waals surface area contributed by atoms with E-state index < -0.39 is 0 Å². The van der Waals surface area contributed by atoms with Crippen LogP contribution in [-0.2, 0) is 4.79 Å². The van der Waals surface area contributed by atoms with Crippen molar-refractivity contribution >= 4 is 5.78 Å². The van der Waals surface area contributed by atoms with E-state index in [1.807, 2.05) is 0 Å². The number of carbonyl (C=O) groups excluding carboxylic acids is 1. The molecule has 0 aliphatic heterocycles. The van der Waals surface area contributed by atoms with Crippen LogP contribution in [0.4, 0.5) is 0 Å². The van der Waals surface area contributed by atoms with Crippen LogP contribution in [0.2, 0.25) is 0 Å². The largest absolute Gasteiger partial charge is 0.299 e. The first-order chi connectivity index (χ1) is 6.31. The molecule has 0 spiro atoms. The summed E-state index contributed by atoms with van der Waals surface area (Å²) in [7, 11) is 0. The molecule has 2 unspecified atom stereocenters. The molecule has 70 valence electrons. The zero-order chi connectivity index (χ0) is 9.00. The summed E-state index contributed by atoms with van der Waals surface area (Å²) >= 11 is 0. The Morgan fingerprint density at radius 3 is 2.92 bits per heavy atom.